The highest BCUT2D eigenvalue weighted by Gasteiger charge is 2.37. The highest BCUT2D eigenvalue weighted by Crippen LogP contribution is 2.31. The van der Waals surface area contributed by atoms with E-state index in [1.165, 1.54) is 11.1 Å². The lowest BCUT2D eigenvalue weighted by Crippen LogP contribution is -2.59. The molecule has 214 valence electrons. The van der Waals surface area contributed by atoms with Gasteiger partial charge in [0.05, 0.1) is 0 Å². The van der Waals surface area contributed by atoms with Crippen LogP contribution in [0, 0.1) is 13.8 Å². The third-order valence-corrected chi connectivity index (χ3v) is 8.53. The fraction of sp³-hybridized carbons (Fsp3) is 0.531. The maximum atomic E-state index is 13.3. The molecule has 2 unspecified atom stereocenters. The first-order valence-electron chi connectivity index (χ1n) is 14.9. The van der Waals surface area contributed by atoms with Gasteiger partial charge in [-0.15, -0.1) is 0 Å². The minimum absolute atomic E-state index is 0.110. The number of carbonyl (C=O) groups excluding carboxylic acids is 1. The van der Waals surface area contributed by atoms with E-state index in [0.29, 0.717) is 12.1 Å². The van der Waals surface area contributed by atoms with Gasteiger partial charge >= 0.3 is 0 Å². The molecular weight excluding hydrogens is 498 g/mol. The van der Waals surface area contributed by atoms with Crippen LogP contribution in [0.25, 0.3) is 11.4 Å². The van der Waals surface area contributed by atoms with Crippen LogP contribution >= 0.6 is 0 Å². The zero-order chi connectivity index (χ0) is 28.2. The Hall–Kier alpha value is -3.23. The number of aromatic amines is 1. The van der Waals surface area contributed by atoms with Crippen LogP contribution in [0.4, 0.5) is 5.82 Å². The number of amides is 1. The molecule has 4 heterocycles. The number of hydrogen-bond acceptors (Lipinski definition) is 6. The molecule has 2 aliphatic rings. The van der Waals surface area contributed by atoms with Crippen molar-refractivity contribution in [2.24, 2.45) is 0 Å². The average molecular weight is 544 g/mol. The van der Waals surface area contributed by atoms with Gasteiger partial charge in [-0.2, -0.15) is 0 Å². The second kappa shape index (κ2) is 12.5. The van der Waals surface area contributed by atoms with Crippen LogP contribution in [0.5, 0.6) is 0 Å². The van der Waals surface area contributed by atoms with Gasteiger partial charge in [-0.05, 0) is 64.2 Å². The van der Waals surface area contributed by atoms with Gasteiger partial charge in [0.2, 0.25) is 5.91 Å². The Balaban J connectivity index is 1.23. The number of imidazole rings is 1. The predicted octanol–water partition coefficient (Wildman–Crippen LogP) is 4.72. The number of anilines is 1. The number of rotatable bonds is 8. The standard InChI is InChI=1S/C32H45N7O/c1-6-27-21-38(31-24(5)19-26(20-35-31)30-33-13-14-34-30)17-18-39(27)28-11-15-37(16-12-28)29(32(40)36-22(2)3)25-9-7-23(4)8-10-25/h7-10,13-14,19-20,22,27-29H,6,11-12,15-18,21H2,1-5H3,(H,33,34)(H,36,40). The number of piperazine rings is 1. The van der Waals surface area contributed by atoms with Gasteiger partial charge in [-0.25, -0.2) is 9.97 Å². The molecule has 5 rings (SSSR count). The Kier molecular flexibility index (Phi) is 8.86. The lowest BCUT2D eigenvalue weighted by molar-refractivity contribution is -0.128. The van der Waals surface area contributed by atoms with Crippen molar-refractivity contribution in [1.29, 1.82) is 0 Å². The van der Waals surface area contributed by atoms with E-state index < -0.39 is 0 Å². The Morgan fingerprint density at radius 3 is 2.45 bits per heavy atom. The summed E-state index contributed by atoms with van der Waals surface area (Å²) in [6, 6.07) is 11.6. The quantitative estimate of drug-likeness (QED) is 0.428. The van der Waals surface area contributed by atoms with Crippen molar-refractivity contribution in [3.63, 3.8) is 0 Å². The summed E-state index contributed by atoms with van der Waals surface area (Å²) in [4.78, 5) is 33.3. The number of carbonyl (C=O) groups is 1. The number of nitrogens with one attached hydrogen (secondary N) is 2. The number of hydrogen-bond donors (Lipinski definition) is 2. The largest absolute Gasteiger partial charge is 0.354 e. The molecule has 0 saturated carbocycles. The molecule has 8 heteroatoms. The van der Waals surface area contributed by atoms with E-state index in [1.54, 1.807) is 6.20 Å². The molecule has 1 amide bonds. The minimum atomic E-state index is -0.235. The highest BCUT2D eigenvalue weighted by molar-refractivity contribution is 5.83. The molecule has 8 nitrogen and oxygen atoms in total. The SMILES string of the molecule is CCC1CN(c2ncc(-c3ncc[nH]3)cc2C)CCN1C1CCN(C(C(=O)NC(C)C)c2ccc(C)cc2)CC1. The molecule has 0 aliphatic carbocycles. The van der Waals surface area contributed by atoms with Gasteiger partial charge in [0, 0.05) is 75.0 Å². The first-order chi connectivity index (χ1) is 19.3. The van der Waals surface area contributed by atoms with Crippen LogP contribution in [0.2, 0.25) is 0 Å². The second-order valence-corrected chi connectivity index (χ2v) is 11.8. The van der Waals surface area contributed by atoms with Crippen molar-refractivity contribution in [3.05, 3.63) is 65.6 Å². The van der Waals surface area contributed by atoms with Crippen LogP contribution in [-0.2, 0) is 4.79 Å². The maximum absolute atomic E-state index is 13.3. The summed E-state index contributed by atoms with van der Waals surface area (Å²) in [6.45, 7) is 15.5. The van der Waals surface area contributed by atoms with Crippen molar-refractivity contribution in [2.75, 3.05) is 37.6 Å². The first kappa shape index (κ1) is 28.3. The van der Waals surface area contributed by atoms with E-state index in [9.17, 15) is 4.79 Å². The highest BCUT2D eigenvalue weighted by atomic mass is 16.2. The smallest absolute Gasteiger partial charge is 0.242 e. The molecule has 2 N–H and O–H groups in total. The zero-order valence-electron chi connectivity index (χ0n) is 24.7. The average Bonchev–Trinajstić information content (AvgIpc) is 3.49. The van der Waals surface area contributed by atoms with Crippen molar-refractivity contribution in [3.8, 4) is 11.4 Å². The van der Waals surface area contributed by atoms with E-state index in [1.807, 2.05) is 26.2 Å². The first-order valence-corrected chi connectivity index (χ1v) is 14.9. The number of aromatic nitrogens is 3. The number of piperidine rings is 1. The van der Waals surface area contributed by atoms with Gasteiger partial charge in [0.15, 0.2) is 0 Å². The van der Waals surface area contributed by atoms with Gasteiger partial charge in [-0.1, -0.05) is 36.8 Å². The molecule has 0 spiro atoms. The zero-order valence-corrected chi connectivity index (χ0v) is 24.7. The minimum Gasteiger partial charge on any atom is -0.354 e. The summed E-state index contributed by atoms with van der Waals surface area (Å²) in [5, 5.41) is 3.17. The van der Waals surface area contributed by atoms with Crippen molar-refractivity contribution >= 4 is 11.7 Å². The number of likely N-dealkylation sites (tertiary alicyclic amines) is 1. The van der Waals surface area contributed by atoms with Crippen molar-refractivity contribution in [1.82, 2.24) is 30.1 Å². The van der Waals surface area contributed by atoms with Crippen LogP contribution in [0.3, 0.4) is 0 Å². The van der Waals surface area contributed by atoms with Crippen LogP contribution < -0.4 is 10.2 Å². The summed E-state index contributed by atoms with van der Waals surface area (Å²) >= 11 is 0. The fourth-order valence-electron chi connectivity index (χ4n) is 6.47. The van der Waals surface area contributed by atoms with Crippen molar-refractivity contribution < 1.29 is 4.79 Å². The monoisotopic (exact) mass is 543 g/mol. The number of aryl methyl sites for hydroxylation is 2. The Bertz CT molecular complexity index is 1250. The normalized spacial score (nSPS) is 20.1. The number of benzene rings is 1. The van der Waals surface area contributed by atoms with Gasteiger partial charge in [0.1, 0.15) is 17.7 Å². The van der Waals surface area contributed by atoms with Gasteiger partial charge in [-0.3, -0.25) is 14.6 Å². The summed E-state index contributed by atoms with van der Waals surface area (Å²) < 4.78 is 0. The Labute approximate surface area is 239 Å². The molecule has 2 saturated heterocycles. The molecule has 40 heavy (non-hydrogen) atoms. The third kappa shape index (κ3) is 6.23. The summed E-state index contributed by atoms with van der Waals surface area (Å²) in [5.41, 5.74) is 4.51. The van der Waals surface area contributed by atoms with E-state index in [-0.39, 0.29) is 18.0 Å². The van der Waals surface area contributed by atoms with Crippen molar-refractivity contribution in [2.45, 2.75) is 78.0 Å². The number of H-pyrrole nitrogens is 1. The molecule has 1 aromatic carbocycles. The summed E-state index contributed by atoms with van der Waals surface area (Å²) in [5.74, 6) is 2.05. The van der Waals surface area contributed by atoms with Gasteiger partial charge in [0.25, 0.3) is 0 Å². The van der Waals surface area contributed by atoms with Gasteiger partial charge < -0.3 is 15.2 Å². The predicted molar refractivity (Wildman–Crippen MR) is 161 cm³/mol. The summed E-state index contributed by atoms with van der Waals surface area (Å²) in [7, 11) is 0. The van der Waals surface area contributed by atoms with E-state index in [0.717, 1.165) is 74.8 Å². The van der Waals surface area contributed by atoms with Crippen LogP contribution in [-0.4, -0.2) is 81.5 Å². The second-order valence-electron chi connectivity index (χ2n) is 11.8. The molecule has 2 aliphatic heterocycles. The molecule has 2 fully saturated rings. The Morgan fingerprint density at radius 1 is 1.07 bits per heavy atom. The molecule has 3 aromatic rings. The maximum Gasteiger partial charge on any atom is 0.242 e. The molecule has 0 bridgehead atoms. The molecular formula is C32H45N7O. The van der Waals surface area contributed by atoms with Crippen LogP contribution in [0.15, 0.2) is 48.9 Å². The fourth-order valence-corrected chi connectivity index (χ4v) is 6.47. The third-order valence-electron chi connectivity index (χ3n) is 8.53. The lowest BCUT2D eigenvalue weighted by Gasteiger charge is -2.48. The topological polar surface area (TPSA) is 80.4 Å². The number of nitrogens with zero attached hydrogens (tertiary/aromatic N) is 5. The Morgan fingerprint density at radius 2 is 1.82 bits per heavy atom. The molecule has 0 radical (unpaired) electrons. The summed E-state index contributed by atoms with van der Waals surface area (Å²) in [6.07, 6.45) is 8.84. The van der Waals surface area contributed by atoms with E-state index in [4.69, 9.17) is 4.98 Å². The lowest BCUT2D eigenvalue weighted by atomic mass is 9.95. The molecule has 2 atom stereocenters. The van der Waals surface area contributed by atoms with E-state index >= 15 is 0 Å². The molecule has 2 aromatic heterocycles. The number of pyridine rings is 1. The van der Waals surface area contributed by atoms with E-state index in [2.05, 4.69) is 81.1 Å². The van der Waals surface area contributed by atoms with Crippen LogP contribution in [0.1, 0.15) is 62.8 Å².